The molecule has 2 amide bonds. The van der Waals surface area contributed by atoms with Crippen LogP contribution in [0, 0.1) is 31.5 Å². The van der Waals surface area contributed by atoms with Crippen LogP contribution >= 0.6 is 11.6 Å². The third-order valence-electron chi connectivity index (χ3n) is 7.53. The van der Waals surface area contributed by atoms with Crippen molar-refractivity contribution in [3.63, 3.8) is 0 Å². The Morgan fingerprint density at radius 2 is 1.76 bits per heavy atom. The average molecular weight is 525 g/mol. The maximum absolute atomic E-state index is 14.3. The second-order valence-electron chi connectivity index (χ2n) is 10.0. The van der Waals surface area contributed by atoms with Crippen molar-refractivity contribution in [3.8, 4) is 0 Å². The fourth-order valence-electron chi connectivity index (χ4n) is 5.66. The zero-order chi connectivity index (χ0) is 26.1. The highest BCUT2D eigenvalue weighted by Crippen LogP contribution is 2.34. The van der Waals surface area contributed by atoms with Crippen molar-refractivity contribution in [2.75, 3.05) is 32.7 Å². The van der Waals surface area contributed by atoms with Gasteiger partial charge in [-0.2, -0.15) is 0 Å². The first-order chi connectivity index (χ1) is 17.8. The summed E-state index contributed by atoms with van der Waals surface area (Å²) in [7, 11) is 0. The van der Waals surface area contributed by atoms with Crippen LogP contribution in [0.3, 0.4) is 0 Å². The van der Waals surface area contributed by atoms with E-state index < -0.39 is 5.82 Å². The van der Waals surface area contributed by atoms with E-state index in [0.29, 0.717) is 41.9 Å². The first kappa shape index (κ1) is 25.4. The molecular formula is C28H30ClFN4O3. The van der Waals surface area contributed by atoms with Gasteiger partial charge in [-0.05, 0) is 49.8 Å². The molecule has 2 saturated heterocycles. The summed E-state index contributed by atoms with van der Waals surface area (Å²) >= 11 is 6.12. The molecule has 1 aromatic heterocycles. The first-order valence-corrected chi connectivity index (χ1v) is 12.9. The van der Waals surface area contributed by atoms with Crippen molar-refractivity contribution in [2.45, 2.75) is 26.3 Å². The van der Waals surface area contributed by atoms with E-state index in [1.165, 1.54) is 12.1 Å². The van der Waals surface area contributed by atoms with Crippen LogP contribution in [0.5, 0.6) is 0 Å². The van der Waals surface area contributed by atoms with E-state index in [4.69, 9.17) is 16.1 Å². The molecule has 0 radical (unpaired) electrons. The number of rotatable bonds is 7. The monoisotopic (exact) mass is 524 g/mol. The number of hydrogen-bond donors (Lipinski definition) is 1. The van der Waals surface area contributed by atoms with Gasteiger partial charge in [0.15, 0.2) is 0 Å². The minimum Gasteiger partial charge on any atom is -0.361 e. The molecule has 2 aliphatic heterocycles. The molecule has 5 rings (SSSR count). The van der Waals surface area contributed by atoms with Gasteiger partial charge >= 0.3 is 0 Å². The number of aryl methyl sites for hydroxylation is 2. The normalized spacial score (nSPS) is 20.2. The molecule has 7 nitrogen and oxygen atoms in total. The zero-order valence-corrected chi connectivity index (χ0v) is 21.7. The number of hydrogen-bond acceptors (Lipinski definition) is 5. The first-order valence-electron chi connectivity index (χ1n) is 12.6. The molecule has 2 aliphatic rings. The number of aromatic nitrogens is 1. The quantitative estimate of drug-likeness (QED) is 0.487. The fourth-order valence-corrected chi connectivity index (χ4v) is 5.90. The number of amides is 2. The van der Waals surface area contributed by atoms with E-state index in [1.807, 2.05) is 30.3 Å². The molecule has 2 fully saturated rings. The third kappa shape index (κ3) is 5.26. The number of carbonyl (C=O) groups excluding carboxylic acids is 2. The van der Waals surface area contributed by atoms with Crippen LogP contribution in [0.2, 0.25) is 5.02 Å². The summed E-state index contributed by atoms with van der Waals surface area (Å²) in [6.45, 7) is 7.22. The van der Waals surface area contributed by atoms with Crippen molar-refractivity contribution in [3.05, 3.63) is 87.5 Å². The number of nitrogens with one attached hydrogen (secondary N) is 1. The summed E-state index contributed by atoms with van der Waals surface area (Å²) in [4.78, 5) is 30.1. The molecule has 3 heterocycles. The van der Waals surface area contributed by atoms with Crippen molar-refractivity contribution in [2.24, 2.45) is 11.8 Å². The molecule has 0 bridgehead atoms. The standard InChI is InChI=1S/C28H30ClFN4O3/c1-17-25(18(2)37-32-17)27(35)31-24(19-7-4-3-5-8-19)11-12-33-13-20-15-34(16-21(20)14-33)28(36)26-22(29)9-6-10-23(26)30/h3-10,20-21,24H,11-16H2,1-2H3,(H,31,35)/t20-,21?,24?/m0/s1. The van der Waals surface area contributed by atoms with Gasteiger partial charge in [-0.3, -0.25) is 9.59 Å². The van der Waals surface area contributed by atoms with Gasteiger partial charge in [-0.25, -0.2) is 4.39 Å². The van der Waals surface area contributed by atoms with Crippen LogP contribution in [0.25, 0.3) is 0 Å². The molecule has 37 heavy (non-hydrogen) atoms. The van der Waals surface area contributed by atoms with Crippen LogP contribution in [-0.2, 0) is 0 Å². The van der Waals surface area contributed by atoms with Gasteiger partial charge in [0.25, 0.3) is 11.8 Å². The summed E-state index contributed by atoms with van der Waals surface area (Å²) in [5.41, 5.74) is 2.06. The highest BCUT2D eigenvalue weighted by Gasteiger charge is 2.42. The molecule has 1 N–H and O–H groups in total. The molecule has 9 heteroatoms. The molecule has 3 atom stereocenters. The van der Waals surface area contributed by atoms with Crippen LogP contribution in [0.1, 0.15) is 50.2 Å². The second-order valence-corrected chi connectivity index (χ2v) is 10.4. The largest absolute Gasteiger partial charge is 0.361 e. The Kier molecular flexibility index (Phi) is 7.31. The molecule has 0 aliphatic carbocycles. The summed E-state index contributed by atoms with van der Waals surface area (Å²) in [5, 5.41) is 7.23. The van der Waals surface area contributed by atoms with E-state index in [9.17, 15) is 14.0 Å². The summed E-state index contributed by atoms with van der Waals surface area (Å²) in [6.07, 6.45) is 0.742. The fraction of sp³-hybridized carbons (Fsp3) is 0.393. The highest BCUT2D eigenvalue weighted by atomic mass is 35.5. The van der Waals surface area contributed by atoms with Gasteiger partial charge in [0.1, 0.15) is 17.1 Å². The van der Waals surface area contributed by atoms with E-state index in [-0.39, 0.29) is 28.4 Å². The minimum atomic E-state index is -0.582. The summed E-state index contributed by atoms with van der Waals surface area (Å²) in [5.74, 6) is 0.0643. The predicted molar refractivity (Wildman–Crippen MR) is 138 cm³/mol. The lowest BCUT2D eigenvalue weighted by Gasteiger charge is -2.25. The van der Waals surface area contributed by atoms with Crippen molar-refractivity contribution in [1.29, 1.82) is 0 Å². The Morgan fingerprint density at radius 3 is 2.38 bits per heavy atom. The predicted octanol–water partition coefficient (Wildman–Crippen LogP) is 4.65. The number of benzene rings is 2. The van der Waals surface area contributed by atoms with Gasteiger partial charge in [-0.15, -0.1) is 0 Å². The van der Waals surface area contributed by atoms with Crippen molar-refractivity contribution in [1.82, 2.24) is 20.3 Å². The Morgan fingerprint density at radius 1 is 1.05 bits per heavy atom. The summed E-state index contributed by atoms with van der Waals surface area (Å²) in [6, 6.07) is 14.1. The van der Waals surface area contributed by atoms with Gasteiger partial charge in [0.05, 0.1) is 22.3 Å². The molecule has 2 aromatic carbocycles. The van der Waals surface area contributed by atoms with Crippen LogP contribution in [-0.4, -0.2) is 59.5 Å². The molecule has 194 valence electrons. The lowest BCUT2D eigenvalue weighted by molar-refractivity contribution is 0.0769. The van der Waals surface area contributed by atoms with E-state index in [0.717, 1.165) is 31.6 Å². The molecule has 0 saturated carbocycles. The number of carbonyl (C=O) groups is 2. The van der Waals surface area contributed by atoms with Crippen molar-refractivity contribution < 1.29 is 18.5 Å². The lowest BCUT2D eigenvalue weighted by Crippen LogP contribution is -2.35. The minimum absolute atomic E-state index is 0.0410. The molecule has 2 unspecified atom stereocenters. The Hall–Kier alpha value is -3.23. The maximum Gasteiger partial charge on any atom is 0.258 e. The van der Waals surface area contributed by atoms with E-state index >= 15 is 0 Å². The van der Waals surface area contributed by atoms with Crippen LogP contribution < -0.4 is 5.32 Å². The smallest absolute Gasteiger partial charge is 0.258 e. The molecule has 3 aromatic rings. The van der Waals surface area contributed by atoms with Gasteiger partial charge in [0.2, 0.25) is 0 Å². The van der Waals surface area contributed by atoms with Crippen LogP contribution in [0.15, 0.2) is 53.1 Å². The Balaban J connectivity index is 1.20. The summed E-state index contributed by atoms with van der Waals surface area (Å²) < 4.78 is 19.4. The Labute approximate surface area is 220 Å². The van der Waals surface area contributed by atoms with Gasteiger partial charge in [-0.1, -0.05) is 53.2 Å². The Bertz CT molecular complexity index is 1240. The lowest BCUT2D eigenvalue weighted by atomic mass is 10.0. The maximum atomic E-state index is 14.3. The zero-order valence-electron chi connectivity index (χ0n) is 20.9. The van der Waals surface area contributed by atoms with E-state index in [2.05, 4.69) is 15.4 Å². The third-order valence-corrected chi connectivity index (χ3v) is 7.84. The average Bonchev–Trinajstić information content (AvgIpc) is 3.55. The number of halogens is 2. The van der Waals surface area contributed by atoms with Crippen molar-refractivity contribution >= 4 is 23.4 Å². The molecular weight excluding hydrogens is 495 g/mol. The van der Waals surface area contributed by atoms with Gasteiger partial charge in [0, 0.05) is 32.7 Å². The second kappa shape index (κ2) is 10.6. The highest BCUT2D eigenvalue weighted by molar-refractivity contribution is 6.33. The number of fused-ring (bicyclic) bond motifs is 1. The number of likely N-dealkylation sites (tertiary alicyclic amines) is 2. The SMILES string of the molecule is Cc1noc(C)c1C(=O)NC(CCN1CC2CN(C(=O)c3c(F)cccc3Cl)C[C@@H]2C1)c1ccccc1. The van der Waals surface area contributed by atoms with Gasteiger partial charge < -0.3 is 19.6 Å². The number of nitrogens with zero attached hydrogens (tertiary/aromatic N) is 3. The molecule has 0 spiro atoms. The van der Waals surface area contributed by atoms with Crippen LogP contribution in [0.4, 0.5) is 4.39 Å². The van der Waals surface area contributed by atoms with E-state index in [1.54, 1.807) is 24.8 Å². The topological polar surface area (TPSA) is 78.7 Å².